The van der Waals surface area contributed by atoms with Crippen molar-refractivity contribution >= 4 is 17.1 Å². The largest absolute Gasteiger partial charge is 0.493 e. The summed E-state index contributed by atoms with van der Waals surface area (Å²) in [6, 6.07) is 7.97. The van der Waals surface area contributed by atoms with E-state index in [0.29, 0.717) is 38.8 Å². The Kier molecular flexibility index (Phi) is 5.41. The lowest BCUT2D eigenvalue weighted by Crippen LogP contribution is -2.02. The van der Waals surface area contributed by atoms with Crippen LogP contribution in [-0.2, 0) is 0 Å². The molecule has 0 unspecified atom stereocenters. The first kappa shape index (κ1) is 18.8. The Morgan fingerprint density at radius 1 is 0.815 bits per heavy atom. The summed E-state index contributed by atoms with van der Waals surface area (Å²) >= 11 is 1.19. The maximum atomic E-state index is 13.4. The van der Waals surface area contributed by atoms with Gasteiger partial charge in [-0.2, -0.15) is 0 Å². The molecule has 0 N–H and O–H groups in total. The first-order valence-electron chi connectivity index (χ1n) is 7.86. The lowest BCUT2D eigenvalue weighted by Gasteiger charge is -2.13. The van der Waals surface area contributed by atoms with E-state index in [9.17, 15) is 13.6 Å². The van der Waals surface area contributed by atoms with Gasteiger partial charge < -0.3 is 14.2 Å². The van der Waals surface area contributed by atoms with E-state index in [-0.39, 0.29) is 5.78 Å². The maximum Gasteiger partial charge on any atom is 0.203 e. The fourth-order valence-corrected chi connectivity index (χ4v) is 3.56. The van der Waals surface area contributed by atoms with Crippen LogP contribution in [0.25, 0.3) is 11.1 Å². The van der Waals surface area contributed by atoms with Gasteiger partial charge in [-0.1, -0.05) is 0 Å². The fraction of sp³-hybridized carbons (Fsp3) is 0.150. The van der Waals surface area contributed by atoms with Crippen molar-refractivity contribution < 1.29 is 27.8 Å². The zero-order valence-corrected chi connectivity index (χ0v) is 15.7. The number of ketones is 1. The fourth-order valence-electron chi connectivity index (χ4n) is 2.68. The van der Waals surface area contributed by atoms with Crippen LogP contribution in [-0.4, -0.2) is 27.1 Å². The lowest BCUT2D eigenvalue weighted by molar-refractivity contribution is 0.104. The van der Waals surface area contributed by atoms with Crippen LogP contribution in [0.5, 0.6) is 17.2 Å². The molecular formula is C20H16F2O4S. The second-order valence-corrected chi connectivity index (χ2v) is 6.51. The highest BCUT2D eigenvalue weighted by Gasteiger charge is 2.19. The Bertz CT molecular complexity index is 952. The number of methoxy groups -OCH3 is 3. The summed E-state index contributed by atoms with van der Waals surface area (Å²) in [6.07, 6.45) is 0. The molecule has 27 heavy (non-hydrogen) atoms. The zero-order chi connectivity index (χ0) is 19.6. The van der Waals surface area contributed by atoms with Gasteiger partial charge in [0.2, 0.25) is 11.5 Å². The van der Waals surface area contributed by atoms with Gasteiger partial charge in [-0.15, -0.1) is 11.3 Å². The van der Waals surface area contributed by atoms with E-state index in [2.05, 4.69) is 0 Å². The predicted octanol–water partition coefficient (Wildman–Crippen LogP) is 4.95. The molecule has 0 fully saturated rings. The number of halogens is 2. The molecule has 0 aliphatic rings. The topological polar surface area (TPSA) is 44.8 Å². The number of hydrogen-bond donors (Lipinski definition) is 0. The third-order valence-corrected chi connectivity index (χ3v) is 4.88. The van der Waals surface area contributed by atoms with Crippen molar-refractivity contribution in [3.8, 4) is 28.4 Å². The average Bonchev–Trinajstić information content (AvgIpc) is 3.15. The molecule has 0 amide bonds. The highest BCUT2D eigenvalue weighted by atomic mass is 32.1. The van der Waals surface area contributed by atoms with E-state index in [1.54, 1.807) is 23.6 Å². The first-order valence-corrected chi connectivity index (χ1v) is 8.74. The minimum absolute atomic E-state index is 0.262. The average molecular weight is 390 g/mol. The van der Waals surface area contributed by atoms with Gasteiger partial charge in [0, 0.05) is 11.6 Å². The number of carbonyl (C=O) groups excluding carboxylic acids is 1. The molecule has 0 radical (unpaired) electrons. The summed E-state index contributed by atoms with van der Waals surface area (Å²) in [4.78, 5) is 13.3. The normalized spacial score (nSPS) is 10.6. The van der Waals surface area contributed by atoms with E-state index in [1.165, 1.54) is 44.8 Å². The van der Waals surface area contributed by atoms with Crippen LogP contribution in [0, 0.1) is 11.6 Å². The van der Waals surface area contributed by atoms with Crippen LogP contribution in [0.3, 0.4) is 0 Å². The number of carbonyl (C=O) groups is 1. The number of benzene rings is 2. The van der Waals surface area contributed by atoms with Crippen molar-refractivity contribution in [1.29, 1.82) is 0 Å². The van der Waals surface area contributed by atoms with Gasteiger partial charge in [0.05, 0.1) is 26.2 Å². The highest BCUT2D eigenvalue weighted by Crippen LogP contribution is 2.39. The molecule has 7 heteroatoms. The predicted molar refractivity (Wildman–Crippen MR) is 99.2 cm³/mol. The zero-order valence-electron chi connectivity index (χ0n) is 14.8. The molecule has 0 atom stereocenters. The Balaban J connectivity index is 1.99. The summed E-state index contributed by atoms with van der Waals surface area (Å²) in [5.74, 6) is -0.489. The van der Waals surface area contributed by atoms with E-state index >= 15 is 0 Å². The van der Waals surface area contributed by atoms with Gasteiger partial charge >= 0.3 is 0 Å². The molecule has 0 spiro atoms. The van der Waals surface area contributed by atoms with Gasteiger partial charge in [0.15, 0.2) is 11.5 Å². The van der Waals surface area contributed by atoms with Crippen LogP contribution in [0.15, 0.2) is 41.8 Å². The second kappa shape index (κ2) is 7.75. The second-order valence-electron chi connectivity index (χ2n) is 5.60. The van der Waals surface area contributed by atoms with Gasteiger partial charge in [-0.3, -0.25) is 4.79 Å². The van der Waals surface area contributed by atoms with E-state index in [1.807, 2.05) is 0 Å². The molecule has 0 aliphatic heterocycles. The molecule has 0 saturated carbocycles. The van der Waals surface area contributed by atoms with Crippen molar-refractivity contribution in [2.75, 3.05) is 21.3 Å². The van der Waals surface area contributed by atoms with Crippen molar-refractivity contribution in [3.63, 3.8) is 0 Å². The van der Waals surface area contributed by atoms with Crippen LogP contribution >= 0.6 is 11.3 Å². The molecule has 3 rings (SSSR count). The number of thiophene rings is 1. The summed E-state index contributed by atoms with van der Waals surface area (Å²) in [7, 11) is 4.41. The Morgan fingerprint density at radius 2 is 1.41 bits per heavy atom. The number of hydrogen-bond acceptors (Lipinski definition) is 5. The molecule has 0 aliphatic carbocycles. The standard InChI is InChI=1S/C20H16F2O4S/c1-24-16-6-12(7-17(25-2)20(16)26-3)19(23)18-8-13(10-27-18)11-4-14(21)9-15(22)5-11/h4-10H,1-3H3. The number of rotatable bonds is 6. The van der Waals surface area contributed by atoms with E-state index in [4.69, 9.17) is 14.2 Å². The molecule has 0 saturated heterocycles. The minimum atomic E-state index is -0.672. The van der Waals surface area contributed by atoms with Crippen LogP contribution in [0.4, 0.5) is 8.78 Å². The Hall–Kier alpha value is -2.93. The van der Waals surface area contributed by atoms with Gasteiger partial charge in [0.25, 0.3) is 0 Å². The SMILES string of the molecule is COc1cc(C(=O)c2cc(-c3cc(F)cc(F)c3)cs2)cc(OC)c1OC. The molecule has 4 nitrogen and oxygen atoms in total. The molecule has 1 aromatic heterocycles. The maximum absolute atomic E-state index is 13.4. The summed E-state index contributed by atoms with van der Waals surface area (Å²) in [5.41, 5.74) is 1.28. The first-order chi connectivity index (χ1) is 13.0. The molecule has 2 aromatic carbocycles. The lowest BCUT2D eigenvalue weighted by atomic mass is 10.0. The highest BCUT2D eigenvalue weighted by molar-refractivity contribution is 7.12. The van der Waals surface area contributed by atoms with Crippen LogP contribution < -0.4 is 14.2 Å². The Morgan fingerprint density at radius 3 is 1.93 bits per heavy atom. The molecule has 140 valence electrons. The van der Waals surface area contributed by atoms with Crippen LogP contribution in [0.1, 0.15) is 15.2 Å². The van der Waals surface area contributed by atoms with Crippen molar-refractivity contribution in [2.24, 2.45) is 0 Å². The smallest absolute Gasteiger partial charge is 0.203 e. The summed E-state index contributed by atoms with van der Waals surface area (Å²) in [5, 5.41) is 1.68. The molecule has 1 heterocycles. The van der Waals surface area contributed by atoms with Gasteiger partial charge in [-0.25, -0.2) is 8.78 Å². The van der Waals surface area contributed by atoms with Crippen LogP contribution in [0.2, 0.25) is 0 Å². The van der Waals surface area contributed by atoms with Crippen molar-refractivity contribution in [3.05, 3.63) is 63.9 Å². The summed E-state index contributed by atoms with van der Waals surface area (Å²) < 4.78 is 42.7. The van der Waals surface area contributed by atoms with E-state index < -0.39 is 11.6 Å². The Labute approximate surface area is 158 Å². The van der Waals surface area contributed by atoms with Gasteiger partial charge in [-0.05, 0) is 46.8 Å². The third kappa shape index (κ3) is 3.78. The van der Waals surface area contributed by atoms with Crippen molar-refractivity contribution in [2.45, 2.75) is 0 Å². The molecule has 0 bridgehead atoms. The molecule has 3 aromatic rings. The number of ether oxygens (including phenoxy) is 3. The van der Waals surface area contributed by atoms with Gasteiger partial charge in [0.1, 0.15) is 11.6 Å². The monoisotopic (exact) mass is 390 g/mol. The minimum Gasteiger partial charge on any atom is -0.493 e. The third-order valence-electron chi connectivity index (χ3n) is 3.95. The summed E-state index contributed by atoms with van der Waals surface area (Å²) in [6.45, 7) is 0. The van der Waals surface area contributed by atoms with E-state index in [0.717, 1.165) is 6.07 Å². The molecular weight excluding hydrogens is 374 g/mol. The quantitative estimate of drug-likeness (QED) is 0.559. The van der Waals surface area contributed by atoms with Crippen molar-refractivity contribution in [1.82, 2.24) is 0 Å².